The van der Waals surface area contributed by atoms with Crippen molar-refractivity contribution in [2.75, 3.05) is 26.7 Å². The third-order valence-corrected chi connectivity index (χ3v) is 2.46. The molecule has 3 heteroatoms. The molecule has 66 valence electrons. The lowest BCUT2D eigenvalue weighted by molar-refractivity contribution is 0.0299. The second-order valence-electron chi connectivity index (χ2n) is 3.46. The van der Waals surface area contributed by atoms with E-state index in [9.17, 15) is 5.11 Å². The van der Waals surface area contributed by atoms with Crippen LogP contribution in [0.5, 0.6) is 0 Å². The molecule has 0 spiro atoms. The molecule has 0 bridgehead atoms. The summed E-state index contributed by atoms with van der Waals surface area (Å²) >= 11 is 0. The third kappa shape index (κ3) is 2.43. The summed E-state index contributed by atoms with van der Waals surface area (Å²) in [6, 6.07) is 0. The molecule has 1 rings (SSSR count). The molecule has 1 aliphatic rings. The van der Waals surface area contributed by atoms with Crippen LogP contribution in [-0.2, 0) is 0 Å². The van der Waals surface area contributed by atoms with Crippen LogP contribution >= 0.6 is 0 Å². The third-order valence-electron chi connectivity index (χ3n) is 2.46. The number of nitrogens with two attached hydrogens (primary N) is 1. The number of hydrogen-bond acceptors (Lipinski definition) is 3. The molecule has 0 radical (unpaired) electrons. The monoisotopic (exact) mass is 158 g/mol. The molecule has 0 aliphatic carbocycles. The molecule has 0 aromatic heterocycles. The van der Waals surface area contributed by atoms with Gasteiger partial charge in [-0.1, -0.05) is 0 Å². The summed E-state index contributed by atoms with van der Waals surface area (Å²) in [7, 11) is 2.04. The van der Waals surface area contributed by atoms with E-state index in [-0.39, 0.29) is 6.10 Å². The fourth-order valence-corrected chi connectivity index (χ4v) is 1.69. The fraction of sp³-hybridized carbons (Fsp3) is 1.00. The lowest BCUT2D eigenvalue weighted by Crippen LogP contribution is -2.42. The first kappa shape index (κ1) is 8.97. The Kier molecular flexibility index (Phi) is 3.30. The van der Waals surface area contributed by atoms with Gasteiger partial charge in [0.1, 0.15) is 0 Å². The van der Waals surface area contributed by atoms with Crippen LogP contribution in [0, 0.1) is 5.92 Å². The summed E-state index contributed by atoms with van der Waals surface area (Å²) in [6.07, 6.45) is 1.90. The van der Waals surface area contributed by atoms with Crippen molar-refractivity contribution in [1.29, 1.82) is 0 Å². The molecule has 0 aromatic rings. The van der Waals surface area contributed by atoms with E-state index in [4.69, 9.17) is 5.73 Å². The van der Waals surface area contributed by atoms with Gasteiger partial charge in [-0.25, -0.2) is 0 Å². The van der Waals surface area contributed by atoms with Crippen LogP contribution in [0.4, 0.5) is 0 Å². The Balaban J connectivity index is 2.31. The van der Waals surface area contributed by atoms with Gasteiger partial charge in [0, 0.05) is 6.54 Å². The highest BCUT2D eigenvalue weighted by Gasteiger charge is 2.24. The lowest BCUT2D eigenvalue weighted by atomic mass is 9.91. The summed E-state index contributed by atoms with van der Waals surface area (Å²) < 4.78 is 0. The van der Waals surface area contributed by atoms with Crippen molar-refractivity contribution >= 4 is 0 Å². The molecular formula is C8H18N2O. The van der Waals surface area contributed by atoms with Gasteiger partial charge in [0.15, 0.2) is 0 Å². The maximum absolute atomic E-state index is 9.57. The Hall–Kier alpha value is -0.120. The predicted molar refractivity (Wildman–Crippen MR) is 45.3 cm³/mol. The van der Waals surface area contributed by atoms with Crippen molar-refractivity contribution in [2.24, 2.45) is 11.7 Å². The standard InChI is InChI=1S/C8H18N2O/c1-10-5-3-7(2-4-9)8(11)6-10/h7-8,11H,2-6,9H2,1H3. The van der Waals surface area contributed by atoms with E-state index in [0.717, 1.165) is 25.9 Å². The minimum Gasteiger partial charge on any atom is -0.392 e. The Morgan fingerprint density at radius 1 is 1.64 bits per heavy atom. The molecule has 1 fully saturated rings. The van der Waals surface area contributed by atoms with Crippen LogP contribution in [0.3, 0.4) is 0 Å². The van der Waals surface area contributed by atoms with Crippen LogP contribution in [0.2, 0.25) is 0 Å². The van der Waals surface area contributed by atoms with Crippen LogP contribution in [0.1, 0.15) is 12.8 Å². The van der Waals surface area contributed by atoms with Gasteiger partial charge in [0.2, 0.25) is 0 Å². The van der Waals surface area contributed by atoms with E-state index in [1.165, 1.54) is 0 Å². The summed E-state index contributed by atoms with van der Waals surface area (Å²) in [6.45, 7) is 2.61. The van der Waals surface area contributed by atoms with Gasteiger partial charge in [0.05, 0.1) is 6.10 Å². The number of nitrogens with zero attached hydrogens (tertiary/aromatic N) is 1. The van der Waals surface area contributed by atoms with E-state index < -0.39 is 0 Å². The van der Waals surface area contributed by atoms with Gasteiger partial charge in [-0.15, -0.1) is 0 Å². The molecule has 1 aliphatic heterocycles. The first-order valence-electron chi connectivity index (χ1n) is 4.30. The van der Waals surface area contributed by atoms with Crippen molar-refractivity contribution in [3.63, 3.8) is 0 Å². The van der Waals surface area contributed by atoms with E-state index in [1.54, 1.807) is 0 Å². The molecule has 0 aromatic carbocycles. The highest BCUT2D eigenvalue weighted by molar-refractivity contribution is 4.78. The Labute approximate surface area is 68.2 Å². The Morgan fingerprint density at radius 3 is 2.91 bits per heavy atom. The summed E-state index contributed by atoms with van der Waals surface area (Å²) in [5.74, 6) is 0.441. The number of likely N-dealkylation sites (N-methyl/N-ethyl adjacent to an activating group) is 1. The molecule has 0 saturated carbocycles. The normalized spacial score (nSPS) is 34.1. The maximum Gasteiger partial charge on any atom is 0.0696 e. The van der Waals surface area contributed by atoms with Gasteiger partial charge in [-0.2, -0.15) is 0 Å². The van der Waals surface area contributed by atoms with Gasteiger partial charge in [-0.3, -0.25) is 0 Å². The zero-order chi connectivity index (χ0) is 8.27. The minimum absolute atomic E-state index is 0.155. The average Bonchev–Trinajstić information content (AvgIpc) is 1.95. The molecule has 3 nitrogen and oxygen atoms in total. The van der Waals surface area contributed by atoms with Gasteiger partial charge in [-0.05, 0) is 38.9 Å². The largest absolute Gasteiger partial charge is 0.392 e. The van der Waals surface area contributed by atoms with E-state index in [2.05, 4.69) is 4.90 Å². The van der Waals surface area contributed by atoms with Crippen molar-refractivity contribution < 1.29 is 5.11 Å². The van der Waals surface area contributed by atoms with E-state index in [1.807, 2.05) is 7.05 Å². The van der Waals surface area contributed by atoms with E-state index >= 15 is 0 Å². The Morgan fingerprint density at radius 2 is 2.36 bits per heavy atom. The first-order chi connectivity index (χ1) is 5.24. The predicted octanol–water partition coefficient (Wildman–Crippen LogP) is -0.352. The maximum atomic E-state index is 9.57. The molecule has 0 amide bonds. The molecule has 11 heavy (non-hydrogen) atoms. The number of β-amino-alcohol motifs (C(OH)–C–C–N with tert-alkyl or cyclic N) is 1. The fourth-order valence-electron chi connectivity index (χ4n) is 1.69. The quantitative estimate of drug-likeness (QED) is 0.577. The molecule has 3 N–H and O–H groups in total. The molecule has 2 unspecified atom stereocenters. The first-order valence-corrected chi connectivity index (χ1v) is 4.30. The van der Waals surface area contributed by atoms with Crippen molar-refractivity contribution in [3.05, 3.63) is 0 Å². The second-order valence-corrected chi connectivity index (χ2v) is 3.46. The number of likely N-dealkylation sites (tertiary alicyclic amines) is 1. The SMILES string of the molecule is CN1CCC(CCN)C(O)C1. The smallest absolute Gasteiger partial charge is 0.0696 e. The van der Waals surface area contributed by atoms with Crippen LogP contribution in [0.25, 0.3) is 0 Å². The number of hydrogen-bond donors (Lipinski definition) is 2. The summed E-state index contributed by atoms with van der Waals surface area (Å²) in [5, 5.41) is 9.57. The summed E-state index contributed by atoms with van der Waals surface area (Å²) in [5.41, 5.74) is 5.43. The molecular weight excluding hydrogens is 140 g/mol. The second kappa shape index (κ2) is 4.04. The number of piperidine rings is 1. The van der Waals surface area contributed by atoms with Crippen LogP contribution in [-0.4, -0.2) is 42.8 Å². The van der Waals surface area contributed by atoms with Gasteiger partial charge in [0.25, 0.3) is 0 Å². The highest BCUT2D eigenvalue weighted by Crippen LogP contribution is 2.18. The number of rotatable bonds is 2. The van der Waals surface area contributed by atoms with Crippen molar-refractivity contribution in [1.82, 2.24) is 4.90 Å². The zero-order valence-corrected chi connectivity index (χ0v) is 7.16. The average molecular weight is 158 g/mol. The molecule has 1 saturated heterocycles. The highest BCUT2D eigenvalue weighted by atomic mass is 16.3. The minimum atomic E-state index is -0.155. The summed E-state index contributed by atoms with van der Waals surface area (Å²) in [4.78, 5) is 2.16. The van der Waals surface area contributed by atoms with Crippen molar-refractivity contribution in [2.45, 2.75) is 18.9 Å². The van der Waals surface area contributed by atoms with Crippen LogP contribution in [0.15, 0.2) is 0 Å². The molecule has 2 atom stereocenters. The Bertz CT molecular complexity index is 119. The van der Waals surface area contributed by atoms with Crippen molar-refractivity contribution in [3.8, 4) is 0 Å². The van der Waals surface area contributed by atoms with Gasteiger partial charge >= 0.3 is 0 Å². The van der Waals surface area contributed by atoms with Crippen LogP contribution < -0.4 is 5.73 Å². The number of aliphatic hydroxyl groups excluding tert-OH is 1. The zero-order valence-electron chi connectivity index (χ0n) is 7.16. The topological polar surface area (TPSA) is 49.5 Å². The molecule has 1 heterocycles. The van der Waals surface area contributed by atoms with E-state index in [0.29, 0.717) is 12.5 Å². The lowest BCUT2D eigenvalue weighted by Gasteiger charge is -2.33. The van der Waals surface area contributed by atoms with Gasteiger partial charge < -0.3 is 15.7 Å². The number of aliphatic hydroxyl groups is 1.